The predicted octanol–water partition coefficient (Wildman–Crippen LogP) is 3.39. The van der Waals surface area contributed by atoms with E-state index in [-0.39, 0.29) is 30.5 Å². The van der Waals surface area contributed by atoms with E-state index >= 15 is 0 Å². The van der Waals surface area contributed by atoms with Crippen LogP contribution in [0.1, 0.15) is 44.9 Å². The largest absolute Gasteiger partial charge is 0.480 e. The summed E-state index contributed by atoms with van der Waals surface area (Å²) in [6.45, 7) is 7.74. The molecule has 0 saturated carbocycles. The molecule has 0 aromatic carbocycles. The van der Waals surface area contributed by atoms with Gasteiger partial charge in [-0.2, -0.15) is 0 Å². The molecular formula is C15H22BrNO4S. The van der Waals surface area contributed by atoms with Gasteiger partial charge in [-0.3, -0.25) is 4.79 Å². The zero-order valence-electron chi connectivity index (χ0n) is 13.2. The normalized spacial score (nSPS) is 14.4. The number of nitrogens with one attached hydrogen (secondary N) is 1. The Kier molecular flexibility index (Phi) is 7.02. The van der Waals surface area contributed by atoms with Crippen LogP contribution in [0.25, 0.3) is 0 Å². The number of rotatable bonds is 7. The minimum absolute atomic E-state index is 0.235. The van der Waals surface area contributed by atoms with Gasteiger partial charge in [-0.15, -0.1) is 11.3 Å². The first-order valence-corrected chi connectivity index (χ1v) is 8.63. The van der Waals surface area contributed by atoms with E-state index in [1.54, 1.807) is 6.92 Å². The smallest absolute Gasteiger partial charge is 0.326 e. The lowest BCUT2D eigenvalue weighted by Crippen LogP contribution is -2.43. The molecule has 1 rings (SSSR count). The van der Waals surface area contributed by atoms with Crippen molar-refractivity contribution in [1.29, 1.82) is 0 Å². The summed E-state index contributed by atoms with van der Waals surface area (Å²) in [5.41, 5.74) is -0.330. The van der Waals surface area contributed by atoms with Crippen molar-refractivity contribution in [3.05, 3.63) is 20.8 Å². The first-order chi connectivity index (χ1) is 10.1. The highest BCUT2D eigenvalue weighted by atomic mass is 79.9. The Labute approximate surface area is 143 Å². The fraction of sp³-hybridized carbons (Fsp3) is 0.600. The second-order valence-corrected chi connectivity index (χ2v) is 8.51. The third-order valence-electron chi connectivity index (χ3n) is 2.97. The van der Waals surface area contributed by atoms with Gasteiger partial charge < -0.3 is 15.2 Å². The lowest BCUT2D eigenvalue weighted by atomic mass is 10.1. The minimum Gasteiger partial charge on any atom is -0.480 e. The third kappa shape index (κ3) is 6.46. The van der Waals surface area contributed by atoms with Gasteiger partial charge in [0.25, 0.3) is 0 Å². The van der Waals surface area contributed by atoms with Crippen molar-refractivity contribution in [3.8, 4) is 0 Å². The molecular weight excluding hydrogens is 370 g/mol. The van der Waals surface area contributed by atoms with E-state index < -0.39 is 12.0 Å². The van der Waals surface area contributed by atoms with Crippen LogP contribution in [0.5, 0.6) is 0 Å². The van der Waals surface area contributed by atoms with E-state index in [1.165, 1.54) is 11.3 Å². The Balaban J connectivity index is 2.58. The topological polar surface area (TPSA) is 75.6 Å². The first-order valence-electron chi connectivity index (χ1n) is 7.02. The molecule has 0 radical (unpaired) electrons. The first kappa shape index (κ1) is 19.1. The van der Waals surface area contributed by atoms with Crippen molar-refractivity contribution in [2.24, 2.45) is 0 Å². The molecule has 7 heteroatoms. The number of carbonyl (C=O) groups excluding carboxylic acids is 1. The second-order valence-electron chi connectivity index (χ2n) is 6.01. The zero-order chi connectivity index (χ0) is 16.9. The van der Waals surface area contributed by atoms with Crippen molar-refractivity contribution in [2.75, 3.05) is 6.61 Å². The summed E-state index contributed by atoms with van der Waals surface area (Å²) in [4.78, 5) is 24.4. The number of hydrogen-bond donors (Lipinski definition) is 2. The summed E-state index contributed by atoms with van der Waals surface area (Å²) in [5.74, 6) is -1.73. The molecule has 22 heavy (non-hydrogen) atoms. The molecule has 0 saturated heterocycles. The van der Waals surface area contributed by atoms with Gasteiger partial charge in [0.1, 0.15) is 6.04 Å². The summed E-state index contributed by atoms with van der Waals surface area (Å²) >= 11 is 4.82. The van der Waals surface area contributed by atoms with Gasteiger partial charge in [0.05, 0.1) is 15.3 Å². The van der Waals surface area contributed by atoms with E-state index in [0.29, 0.717) is 0 Å². The number of thiophene rings is 1. The van der Waals surface area contributed by atoms with Crippen LogP contribution in [0.3, 0.4) is 0 Å². The molecule has 0 fully saturated rings. The SMILES string of the molecule is CC(C(=O)NC(CCOC(C)(C)C)C(=O)O)c1ccc(Br)s1. The number of amides is 1. The van der Waals surface area contributed by atoms with Crippen LogP contribution in [0.15, 0.2) is 15.9 Å². The van der Waals surface area contributed by atoms with Crippen LogP contribution in [0.2, 0.25) is 0 Å². The number of carbonyl (C=O) groups is 2. The van der Waals surface area contributed by atoms with Crippen LogP contribution in [-0.2, 0) is 14.3 Å². The Morgan fingerprint density at radius 3 is 2.50 bits per heavy atom. The molecule has 1 aromatic rings. The number of aliphatic carboxylic acids is 1. The van der Waals surface area contributed by atoms with Crippen molar-refractivity contribution >= 4 is 39.1 Å². The van der Waals surface area contributed by atoms with Crippen LogP contribution >= 0.6 is 27.3 Å². The number of halogens is 1. The van der Waals surface area contributed by atoms with Crippen LogP contribution < -0.4 is 5.32 Å². The molecule has 1 amide bonds. The molecule has 1 heterocycles. The average Bonchev–Trinajstić information content (AvgIpc) is 2.81. The lowest BCUT2D eigenvalue weighted by Gasteiger charge is -2.22. The van der Waals surface area contributed by atoms with Gasteiger partial charge in [0.15, 0.2) is 0 Å². The molecule has 0 aliphatic carbocycles. The fourth-order valence-electron chi connectivity index (χ4n) is 1.73. The van der Waals surface area contributed by atoms with Crippen LogP contribution in [0.4, 0.5) is 0 Å². The molecule has 0 spiro atoms. The number of hydrogen-bond acceptors (Lipinski definition) is 4. The van der Waals surface area contributed by atoms with Crippen LogP contribution in [0, 0.1) is 0 Å². The Hall–Kier alpha value is -0.920. The van der Waals surface area contributed by atoms with E-state index in [1.807, 2.05) is 32.9 Å². The van der Waals surface area contributed by atoms with Gasteiger partial charge in [0, 0.05) is 17.9 Å². The van der Waals surface area contributed by atoms with Gasteiger partial charge in [-0.25, -0.2) is 4.79 Å². The third-order valence-corrected chi connectivity index (χ3v) is 4.78. The second kappa shape index (κ2) is 8.08. The maximum Gasteiger partial charge on any atom is 0.326 e. The van der Waals surface area contributed by atoms with Crippen molar-refractivity contribution in [2.45, 2.75) is 51.7 Å². The Morgan fingerprint density at radius 2 is 2.05 bits per heavy atom. The lowest BCUT2D eigenvalue weighted by molar-refractivity contribution is -0.143. The molecule has 1 aromatic heterocycles. The van der Waals surface area contributed by atoms with Gasteiger partial charge >= 0.3 is 5.97 Å². The Morgan fingerprint density at radius 1 is 1.41 bits per heavy atom. The summed E-state index contributed by atoms with van der Waals surface area (Å²) in [6.07, 6.45) is 0.235. The highest BCUT2D eigenvalue weighted by Crippen LogP contribution is 2.28. The van der Waals surface area contributed by atoms with Gasteiger partial charge in [-0.05, 0) is 55.8 Å². The van der Waals surface area contributed by atoms with Crippen molar-refractivity contribution < 1.29 is 19.4 Å². The molecule has 0 aliphatic heterocycles. The highest BCUT2D eigenvalue weighted by molar-refractivity contribution is 9.11. The molecule has 124 valence electrons. The molecule has 2 N–H and O–H groups in total. The van der Waals surface area contributed by atoms with E-state index in [0.717, 1.165) is 8.66 Å². The molecule has 5 nitrogen and oxygen atoms in total. The van der Waals surface area contributed by atoms with Crippen molar-refractivity contribution in [1.82, 2.24) is 5.32 Å². The monoisotopic (exact) mass is 391 g/mol. The maximum absolute atomic E-state index is 12.2. The van der Waals surface area contributed by atoms with Crippen molar-refractivity contribution in [3.63, 3.8) is 0 Å². The summed E-state index contributed by atoms with van der Waals surface area (Å²) < 4.78 is 6.46. The predicted molar refractivity (Wildman–Crippen MR) is 90.3 cm³/mol. The molecule has 2 atom stereocenters. The summed E-state index contributed by atoms with van der Waals surface area (Å²) in [6, 6.07) is 2.79. The Bertz CT molecular complexity index is 524. The standard InChI is InChI=1S/C15H22BrNO4S/c1-9(11-5-6-12(16)22-11)13(18)17-10(14(19)20)7-8-21-15(2,3)4/h5-6,9-10H,7-8H2,1-4H3,(H,17,18)(H,19,20). The average molecular weight is 392 g/mol. The quantitative estimate of drug-likeness (QED) is 0.746. The van der Waals surface area contributed by atoms with Crippen LogP contribution in [-0.4, -0.2) is 35.2 Å². The van der Waals surface area contributed by atoms with Gasteiger partial charge in [0.2, 0.25) is 5.91 Å². The maximum atomic E-state index is 12.2. The molecule has 2 unspecified atom stereocenters. The van der Waals surface area contributed by atoms with E-state index in [4.69, 9.17) is 4.74 Å². The van der Waals surface area contributed by atoms with Gasteiger partial charge in [-0.1, -0.05) is 0 Å². The minimum atomic E-state index is -1.05. The number of ether oxygens (including phenoxy) is 1. The van der Waals surface area contributed by atoms with E-state index in [2.05, 4.69) is 21.2 Å². The highest BCUT2D eigenvalue weighted by Gasteiger charge is 2.25. The molecule has 0 bridgehead atoms. The summed E-state index contributed by atoms with van der Waals surface area (Å²) in [7, 11) is 0. The zero-order valence-corrected chi connectivity index (χ0v) is 15.6. The fourth-order valence-corrected chi connectivity index (χ4v) is 3.20. The molecule has 0 aliphatic rings. The summed E-state index contributed by atoms with van der Waals surface area (Å²) in [5, 5.41) is 11.8. The van der Waals surface area contributed by atoms with E-state index in [9.17, 15) is 14.7 Å². The number of carboxylic acid groups (broad SMARTS) is 1. The number of carboxylic acids is 1.